The Morgan fingerprint density at radius 1 is 0.468 bits per heavy atom. The molecule has 0 aliphatic heterocycles. The van der Waals surface area contributed by atoms with Crippen molar-refractivity contribution in [3.63, 3.8) is 0 Å². The van der Waals surface area contributed by atoms with E-state index in [-0.39, 0.29) is 12.5 Å². The van der Waals surface area contributed by atoms with Gasteiger partial charge in [0.2, 0.25) is 5.91 Å². The van der Waals surface area contributed by atoms with Crippen LogP contribution in [-0.2, 0) is 18.4 Å². The largest absolute Gasteiger partial charge is 0.756 e. The summed E-state index contributed by atoms with van der Waals surface area (Å²) < 4.78 is 23.4. The van der Waals surface area contributed by atoms with Crippen molar-refractivity contribution in [2.24, 2.45) is 0 Å². The van der Waals surface area contributed by atoms with E-state index in [1.165, 1.54) is 167 Å². The zero-order valence-electron chi connectivity index (χ0n) is 50.9. The molecule has 1 amide bonds. The fourth-order valence-electron chi connectivity index (χ4n) is 9.04. The smallest absolute Gasteiger partial charge is 0.268 e. The van der Waals surface area contributed by atoms with Crippen molar-refractivity contribution in [2.45, 2.75) is 289 Å². The first-order chi connectivity index (χ1) is 37.5. The van der Waals surface area contributed by atoms with Crippen molar-refractivity contribution in [3.8, 4) is 0 Å². The van der Waals surface area contributed by atoms with Crippen LogP contribution in [0.5, 0.6) is 0 Å². The summed E-state index contributed by atoms with van der Waals surface area (Å²) in [6.07, 6.45) is 83.8. The Morgan fingerprint density at radius 2 is 0.805 bits per heavy atom. The number of unbranched alkanes of at least 4 members (excludes halogenated alkanes) is 31. The van der Waals surface area contributed by atoms with E-state index in [9.17, 15) is 19.4 Å². The van der Waals surface area contributed by atoms with Crippen LogP contribution in [-0.4, -0.2) is 68.5 Å². The standard InChI is InChI=1S/C68H123N2O6P/c1-6-8-10-12-14-16-18-20-22-24-26-28-30-31-32-33-34-35-36-37-38-40-41-43-45-47-49-51-53-55-57-59-61-67(71)66(65-76-77(73,74)75-64-63-70(3,4)5)69-68(72)62-60-58-56-54-52-50-48-46-44-42-39-29-27-25-23-21-19-17-15-13-11-9-7-2/h9,11,15,17,21,23,27,29,42-45,51,53,59,61,66-67,71H,6-8,10,12-14,16,18-20,22,24-26,28,30-41,46-50,52,54-58,60,62-65H2,1-5H3,(H-,69,72,73,74)/b11-9-,17-15-,23-21-,29-27-,44-42-,45-43+,53-51+,61-59+. The zero-order chi connectivity index (χ0) is 56.3. The predicted molar refractivity (Wildman–Crippen MR) is 334 cm³/mol. The maximum atomic E-state index is 13.0. The fourth-order valence-corrected chi connectivity index (χ4v) is 9.76. The summed E-state index contributed by atoms with van der Waals surface area (Å²) in [5.74, 6) is -0.224. The molecule has 0 spiro atoms. The highest BCUT2D eigenvalue weighted by molar-refractivity contribution is 7.45. The lowest BCUT2D eigenvalue weighted by Gasteiger charge is -2.29. The normalized spacial score (nSPS) is 14.4. The third-order valence-corrected chi connectivity index (χ3v) is 15.0. The number of likely N-dealkylation sites (N-methyl/N-ethyl adjacent to an activating group) is 1. The number of aliphatic hydroxyl groups excluding tert-OH is 1. The maximum Gasteiger partial charge on any atom is 0.268 e. The second-order valence-electron chi connectivity index (χ2n) is 22.7. The Labute approximate surface area is 477 Å². The Hall–Kier alpha value is -2.58. The number of nitrogens with one attached hydrogen (secondary N) is 1. The molecule has 0 aliphatic carbocycles. The van der Waals surface area contributed by atoms with E-state index in [1.807, 2.05) is 27.2 Å². The third kappa shape index (κ3) is 60.9. The zero-order valence-corrected chi connectivity index (χ0v) is 51.8. The molecule has 0 saturated carbocycles. The molecule has 3 atom stereocenters. The highest BCUT2D eigenvalue weighted by Gasteiger charge is 2.23. The number of carbonyl (C=O) groups is 1. The Morgan fingerprint density at radius 3 is 1.21 bits per heavy atom. The predicted octanol–water partition coefficient (Wildman–Crippen LogP) is 19.5. The van der Waals surface area contributed by atoms with E-state index in [2.05, 4.69) is 104 Å². The van der Waals surface area contributed by atoms with Crippen molar-refractivity contribution in [1.29, 1.82) is 0 Å². The third-order valence-electron chi connectivity index (χ3n) is 14.0. The van der Waals surface area contributed by atoms with Gasteiger partial charge in [0.25, 0.3) is 7.82 Å². The van der Waals surface area contributed by atoms with E-state index in [4.69, 9.17) is 9.05 Å². The number of phosphoric ester groups is 1. The Kier molecular flexibility index (Phi) is 56.1. The number of rotatable bonds is 58. The van der Waals surface area contributed by atoms with Crippen molar-refractivity contribution >= 4 is 13.7 Å². The number of carbonyl (C=O) groups excluding carboxylic acids is 1. The van der Waals surface area contributed by atoms with Gasteiger partial charge in [-0.3, -0.25) is 9.36 Å². The van der Waals surface area contributed by atoms with Crippen LogP contribution in [0.4, 0.5) is 0 Å². The molecule has 3 unspecified atom stereocenters. The van der Waals surface area contributed by atoms with Gasteiger partial charge in [0.1, 0.15) is 13.2 Å². The van der Waals surface area contributed by atoms with Crippen LogP contribution < -0.4 is 10.2 Å². The topological polar surface area (TPSA) is 108 Å². The Balaban J connectivity index is 4.22. The molecule has 2 N–H and O–H groups in total. The number of nitrogens with zero attached hydrogens (tertiary/aromatic N) is 1. The first kappa shape index (κ1) is 74.4. The van der Waals surface area contributed by atoms with Crippen LogP contribution in [0.2, 0.25) is 0 Å². The van der Waals surface area contributed by atoms with Crippen molar-refractivity contribution in [1.82, 2.24) is 5.32 Å². The van der Waals surface area contributed by atoms with Crippen LogP contribution in [0.25, 0.3) is 0 Å². The molecule has 77 heavy (non-hydrogen) atoms. The molecule has 0 aromatic carbocycles. The van der Waals surface area contributed by atoms with Gasteiger partial charge < -0.3 is 28.8 Å². The summed E-state index contributed by atoms with van der Waals surface area (Å²) in [6, 6.07) is -0.924. The lowest BCUT2D eigenvalue weighted by molar-refractivity contribution is -0.870. The molecule has 0 aromatic heterocycles. The summed E-state index contributed by atoms with van der Waals surface area (Å²) >= 11 is 0. The van der Waals surface area contributed by atoms with Crippen LogP contribution >= 0.6 is 7.82 Å². The van der Waals surface area contributed by atoms with Gasteiger partial charge in [-0.05, 0) is 89.9 Å². The number of amides is 1. The van der Waals surface area contributed by atoms with Gasteiger partial charge in [0.05, 0.1) is 39.9 Å². The highest BCUT2D eigenvalue weighted by atomic mass is 31.2. The number of hydrogen-bond donors (Lipinski definition) is 2. The molecular weight excluding hydrogens is 972 g/mol. The number of hydrogen-bond acceptors (Lipinski definition) is 6. The van der Waals surface area contributed by atoms with Gasteiger partial charge in [-0.15, -0.1) is 0 Å². The van der Waals surface area contributed by atoms with Gasteiger partial charge >= 0.3 is 0 Å². The minimum atomic E-state index is -4.62. The molecule has 8 nitrogen and oxygen atoms in total. The molecule has 0 rings (SSSR count). The lowest BCUT2D eigenvalue weighted by Crippen LogP contribution is -2.45. The summed E-state index contributed by atoms with van der Waals surface area (Å²) in [6.45, 7) is 4.51. The number of allylic oxidation sites excluding steroid dienone is 15. The first-order valence-corrected chi connectivity index (χ1v) is 33.6. The maximum absolute atomic E-state index is 13.0. The van der Waals surface area contributed by atoms with Crippen LogP contribution in [0.1, 0.15) is 277 Å². The highest BCUT2D eigenvalue weighted by Crippen LogP contribution is 2.38. The molecular formula is C68H123N2O6P. The Bertz CT molecular complexity index is 1570. The second kappa shape index (κ2) is 58.1. The second-order valence-corrected chi connectivity index (χ2v) is 24.1. The molecule has 0 bridgehead atoms. The van der Waals surface area contributed by atoms with Gasteiger partial charge in [0, 0.05) is 6.42 Å². The number of quaternary nitrogens is 1. The average Bonchev–Trinajstić information content (AvgIpc) is 3.39. The molecule has 0 heterocycles. The molecule has 0 aromatic rings. The molecule has 446 valence electrons. The van der Waals surface area contributed by atoms with E-state index in [0.717, 1.165) is 89.9 Å². The number of phosphoric acid groups is 1. The van der Waals surface area contributed by atoms with Gasteiger partial charge in [-0.1, -0.05) is 278 Å². The van der Waals surface area contributed by atoms with Crippen LogP contribution in [0.15, 0.2) is 97.2 Å². The number of aliphatic hydroxyl groups is 1. The minimum absolute atomic E-state index is 0.0163. The summed E-state index contributed by atoms with van der Waals surface area (Å²) in [4.78, 5) is 25.5. The van der Waals surface area contributed by atoms with Crippen LogP contribution in [0, 0.1) is 0 Å². The molecule has 0 fully saturated rings. The SMILES string of the molecule is CC/C=C\C/C=C\C/C=C\C/C=C\C/C=C\CCCCCCCCCC(=O)NC(COP(=O)([O-])OCC[N+](C)(C)C)C(O)/C=C/CC/C=C/CC/C=C/CCCCCCCCCCCCCCCCCCCCCCCC. The average molecular weight is 1100 g/mol. The van der Waals surface area contributed by atoms with E-state index in [0.29, 0.717) is 17.4 Å². The first-order valence-electron chi connectivity index (χ1n) is 32.1. The molecule has 9 heteroatoms. The van der Waals surface area contributed by atoms with E-state index >= 15 is 0 Å². The molecule has 0 radical (unpaired) electrons. The minimum Gasteiger partial charge on any atom is -0.756 e. The quantitative estimate of drug-likeness (QED) is 0.0272. The summed E-state index contributed by atoms with van der Waals surface area (Å²) in [7, 11) is 1.22. The van der Waals surface area contributed by atoms with Crippen molar-refractivity contribution in [3.05, 3.63) is 97.2 Å². The molecule has 0 saturated heterocycles. The van der Waals surface area contributed by atoms with Crippen molar-refractivity contribution in [2.75, 3.05) is 40.9 Å². The van der Waals surface area contributed by atoms with E-state index < -0.39 is 26.6 Å². The van der Waals surface area contributed by atoms with Gasteiger partial charge in [-0.25, -0.2) is 0 Å². The van der Waals surface area contributed by atoms with Crippen LogP contribution in [0.3, 0.4) is 0 Å². The van der Waals surface area contributed by atoms with Gasteiger partial charge in [0.15, 0.2) is 0 Å². The van der Waals surface area contributed by atoms with Crippen molar-refractivity contribution < 1.29 is 32.9 Å². The molecule has 0 aliphatic rings. The monoisotopic (exact) mass is 1090 g/mol. The fraction of sp³-hybridized carbons (Fsp3) is 0.750. The summed E-state index contributed by atoms with van der Waals surface area (Å²) in [5.41, 5.74) is 0. The van der Waals surface area contributed by atoms with E-state index in [1.54, 1.807) is 6.08 Å². The summed E-state index contributed by atoms with van der Waals surface area (Å²) in [5, 5.41) is 13.9. The van der Waals surface area contributed by atoms with Gasteiger partial charge in [-0.2, -0.15) is 0 Å². The lowest BCUT2D eigenvalue weighted by atomic mass is 10.0.